The molecule has 6 nitrogen and oxygen atoms in total. The molecule has 1 aliphatic heterocycles. The van der Waals surface area contributed by atoms with Gasteiger partial charge in [0.2, 0.25) is 5.91 Å². The molecule has 2 heterocycles. The first-order chi connectivity index (χ1) is 13.0. The van der Waals surface area contributed by atoms with E-state index in [0.717, 1.165) is 29.2 Å². The van der Waals surface area contributed by atoms with Crippen LogP contribution in [0.1, 0.15) is 37.4 Å². The van der Waals surface area contributed by atoms with Gasteiger partial charge in [-0.2, -0.15) is 5.10 Å². The minimum atomic E-state index is -0.594. The average molecular weight is 387 g/mol. The van der Waals surface area contributed by atoms with Crippen molar-refractivity contribution in [2.45, 2.75) is 31.7 Å². The third-order valence-corrected chi connectivity index (χ3v) is 5.67. The first-order valence-electron chi connectivity index (χ1n) is 9.42. The average Bonchev–Trinajstić information content (AvgIpc) is 3.53. The van der Waals surface area contributed by atoms with E-state index in [-0.39, 0.29) is 11.5 Å². The Labute approximate surface area is 163 Å². The summed E-state index contributed by atoms with van der Waals surface area (Å²) in [5.41, 5.74) is 1.68. The molecule has 2 aliphatic rings. The van der Waals surface area contributed by atoms with E-state index in [0.29, 0.717) is 32.1 Å². The number of aromatic nitrogens is 2. The smallest absolute Gasteiger partial charge is 0.267 e. The summed E-state index contributed by atoms with van der Waals surface area (Å²) >= 11 is 6.28. The Morgan fingerprint density at radius 1 is 1.11 bits per heavy atom. The predicted molar refractivity (Wildman–Crippen MR) is 105 cm³/mol. The van der Waals surface area contributed by atoms with Gasteiger partial charge in [0, 0.05) is 38.2 Å². The van der Waals surface area contributed by atoms with E-state index in [1.54, 1.807) is 13.0 Å². The number of nitrogens with zero attached hydrogens (tertiary/aromatic N) is 4. The molecule has 1 aromatic carbocycles. The molecule has 0 spiro atoms. The van der Waals surface area contributed by atoms with Crippen molar-refractivity contribution in [2.24, 2.45) is 0 Å². The molecular weight excluding hydrogens is 364 g/mol. The molecule has 0 N–H and O–H groups in total. The number of carbonyl (C=O) groups excluding carboxylic acids is 1. The van der Waals surface area contributed by atoms with Crippen molar-refractivity contribution < 1.29 is 4.79 Å². The molecular formula is C20H23ClN4O2. The maximum absolute atomic E-state index is 12.9. The molecule has 2 aromatic rings. The number of para-hydroxylation sites is 1. The van der Waals surface area contributed by atoms with Crippen molar-refractivity contribution in [3.8, 4) is 0 Å². The van der Waals surface area contributed by atoms with Crippen LogP contribution in [0, 0.1) is 0 Å². The molecule has 2 fully saturated rings. The fraction of sp³-hybridized carbons (Fsp3) is 0.450. The Bertz CT molecular complexity index is 901. The zero-order valence-corrected chi connectivity index (χ0v) is 16.1. The second-order valence-corrected chi connectivity index (χ2v) is 7.66. The zero-order chi connectivity index (χ0) is 19.0. The van der Waals surface area contributed by atoms with Gasteiger partial charge in [0.15, 0.2) is 0 Å². The van der Waals surface area contributed by atoms with Crippen LogP contribution >= 0.6 is 11.6 Å². The molecule has 1 saturated heterocycles. The van der Waals surface area contributed by atoms with Crippen LogP contribution < -0.4 is 10.5 Å². The molecule has 0 bridgehead atoms. The highest BCUT2D eigenvalue weighted by Crippen LogP contribution is 2.38. The molecule has 1 saturated carbocycles. The third-order valence-electron chi connectivity index (χ3n) is 5.35. The molecule has 1 aromatic heterocycles. The molecule has 7 heteroatoms. The molecule has 1 unspecified atom stereocenters. The van der Waals surface area contributed by atoms with Crippen LogP contribution in [0.5, 0.6) is 0 Å². The molecule has 142 valence electrons. The van der Waals surface area contributed by atoms with Crippen LogP contribution in [0.4, 0.5) is 5.69 Å². The lowest BCUT2D eigenvalue weighted by Gasteiger charge is -2.37. The van der Waals surface area contributed by atoms with E-state index in [4.69, 9.17) is 11.6 Å². The van der Waals surface area contributed by atoms with Crippen molar-refractivity contribution in [1.82, 2.24) is 14.7 Å². The third kappa shape index (κ3) is 3.72. The summed E-state index contributed by atoms with van der Waals surface area (Å²) in [6.07, 6.45) is 2.22. The highest BCUT2D eigenvalue weighted by atomic mass is 35.5. The van der Waals surface area contributed by atoms with Gasteiger partial charge in [-0.1, -0.05) is 23.7 Å². The van der Waals surface area contributed by atoms with Crippen molar-refractivity contribution in [1.29, 1.82) is 0 Å². The van der Waals surface area contributed by atoms with Gasteiger partial charge in [-0.3, -0.25) is 9.59 Å². The summed E-state index contributed by atoms with van der Waals surface area (Å²) in [5.74, 6) is 0.384. The van der Waals surface area contributed by atoms with E-state index in [1.807, 2.05) is 29.2 Å². The maximum Gasteiger partial charge on any atom is 0.267 e. The van der Waals surface area contributed by atoms with Gasteiger partial charge in [-0.05, 0) is 38.0 Å². The molecule has 27 heavy (non-hydrogen) atoms. The summed E-state index contributed by atoms with van der Waals surface area (Å²) in [6, 6.07) is 10.5. The minimum Gasteiger partial charge on any atom is -0.367 e. The Morgan fingerprint density at radius 3 is 2.48 bits per heavy atom. The van der Waals surface area contributed by atoms with E-state index >= 15 is 0 Å². The van der Waals surface area contributed by atoms with Crippen molar-refractivity contribution >= 4 is 23.2 Å². The van der Waals surface area contributed by atoms with Gasteiger partial charge >= 0.3 is 0 Å². The van der Waals surface area contributed by atoms with Crippen molar-refractivity contribution in [3.05, 3.63) is 57.5 Å². The lowest BCUT2D eigenvalue weighted by Crippen LogP contribution is -2.51. The molecule has 1 atom stereocenters. The normalized spacial score (nSPS) is 18.4. The van der Waals surface area contributed by atoms with Crippen molar-refractivity contribution in [2.75, 3.05) is 31.1 Å². The van der Waals surface area contributed by atoms with Crippen LogP contribution in [0.25, 0.3) is 0 Å². The second kappa shape index (κ2) is 7.35. The minimum absolute atomic E-state index is 0.0589. The van der Waals surface area contributed by atoms with Gasteiger partial charge in [-0.25, -0.2) is 4.68 Å². The van der Waals surface area contributed by atoms with Gasteiger partial charge in [0.1, 0.15) is 6.04 Å². The summed E-state index contributed by atoms with van der Waals surface area (Å²) in [7, 11) is 0. The Morgan fingerprint density at radius 2 is 1.81 bits per heavy atom. The summed E-state index contributed by atoms with van der Waals surface area (Å²) in [5, 5.41) is 5.17. The fourth-order valence-electron chi connectivity index (χ4n) is 3.56. The van der Waals surface area contributed by atoms with Gasteiger partial charge < -0.3 is 9.80 Å². The van der Waals surface area contributed by atoms with Crippen LogP contribution in [-0.2, 0) is 4.79 Å². The first-order valence-corrected chi connectivity index (χ1v) is 9.80. The van der Waals surface area contributed by atoms with Crippen LogP contribution in [0.15, 0.2) is 41.2 Å². The number of anilines is 1. The molecule has 0 radical (unpaired) electrons. The Hall–Kier alpha value is -2.34. The summed E-state index contributed by atoms with van der Waals surface area (Å²) < 4.78 is 1.34. The summed E-state index contributed by atoms with van der Waals surface area (Å²) in [6.45, 7) is 4.39. The van der Waals surface area contributed by atoms with E-state index in [2.05, 4.69) is 10.00 Å². The Balaban J connectivity index is 1.44. The highest BCUT2D eigenvalue weighted by molar-refractivity contribution is 6.33. The largest absolute Gasteiger partial charge is 0.367 e. The maximum atomic E-state index is 12.9. The lowest BCUT2D eigenvalue weighted by atomic mass is 10.2. The zero-order valence-electron chi connectivity index (χ0n) is 15.3. The predicted octanol–water partition coefficient (Wildman–Crippen LogP) is 2.68. The number of hydrogen-bond donors (Lipinski definition) is 0. The van der Waals surface area contributed by atoms with E-state index in [9.17, 15) is 9.59 Å². The lowest BCUT2D eigenvalue weighted by molar-refractivity contribution is -0.135. The first kappa shape index (κ1) is 18.0. The van der Waals surface area contributed by atoms with Gasteiger partial charge in [0.05, 0.1) is 16.4 Å². The quantitative estimate of drug-likeness (QED) is 0.810. The van der Waals surface area contributed by atoms with E-state index in [1.165, 1.54) is 10.7 Å². The SMILES string of the molecule is CC(C(=O)N1CCN(c2ccccc2Cl)CC1)n1nc(C2CC2)ccc1=O. The number of piperazine rings is 1. The van der Waals surface area contributed by atoms with Crippen LogP contribution in [0.3, 0.4) is 0 Å². The van der Waals surface area contributed by atoms with Crippen molar-refractivity contribution in [3.63, 3.8) is 0 Å². The number of rotatable bonds is 4. The number of hydrogen-bond acceptors (Lipinski definition) is 4. The molecule has 1 aliphatic carbocycles. The summed E-state index contributed by atoms with van der Waals surface area (Å²) in [4.78, 5) is 29.2. The topological polar surface area (TPSA) is 58.4 Å². The molecule has 1 amide bonds. The van der Waals surface area contributed by atoms with Gasteiger partial charge in [-0.15, -0.1) is 0 Å². The number of halogens is 1. The highest BCUT2D eigenvalue weighted by Gasteiger charge is 2.30. The monoisotopic (exact) mass is 386 g/mol. The van der Waals surface area contributed by atoms with Crippen LogP contribution in [-0.4, -0.2) is 46.8 Å². The Kier molecular flexibility index (Phi) is 4.91. The van der Waals surface area contributed by atoms with E-state index < -0.39 is 6.04 Å². The molecule has 4 rings (SSSR count). The standard InChI is InChI=1S/C20H23ClN4O2/c1-14(25-19(26)9-8-17(22-25)15-6-7-15)20(27)24-12-10-23(11-13-24)18-5-3-2-4-16(18)21/h2-5,8-9,14-15H,6-7,10-13H2,1H3. The number of carbonyl (C=O) groups is 1. The van der Waals surface area contributed by atoms with Crippen LogP contribution in [0.2, 0.25) is 5.02 Å². The number of benzene rings is 1. The van der Waals surface area contributed by atoms with Gasteiger partial charge in [0.25, 0.3) is 5.56 Å². The number of amides is 1. The fourth-order valence-corrected chi connectivity index (χ4v) is 3.81. The second-order valence-electron chi connectivity index (χ2n) is 7.25.